The summed E-state index contributed by atoms with van der Waals surface area (Å²) in [6.45, 7) is 2.20. The maximum absolute atomic E-state index is 12.4. The summed E-state index contributed by atoms with van der Waals surface area (Å²) in [5, 5.41) is 13.1. The molecule has 1 heterocycles. The van der Waals surface area contributed by atoms with Gasteiger partial charge in [0.2, 0.25) is 0 Å². The molecule has 1 amide bonds. The molecular formula is C17H19N3O. The van der Waals surface area contributed by atoms with Gasteiger partial charge in [-0.05, 0) is 37.0 Å². The number of nitrogens with one attached hydrogen (secondary N) is 2. The summed E-state index contributed by atoms with van der Waals surface area (Å²) >= 11 is 0. The van der Waals surface area contributed by atoms with Gasteiger partial charge in [-0.1, -0.05) is 25.8 Å². The third-order valence-electron chi connectivity index (χ3n) is 4.46. The van der Waals surface area contributed by atoms with E-state index in [0.29, 0.717) is 17.2 Å². The van der Waals surface area contributed by atoms with E-state index in [-0.39, 0.29) is 11.9 Å². The molecule has 0 bridgehead atoms. The highest BCUT2D eigenvalue weighted by molar-refractivity contribution is 5.99. The minimum Gasteiger partial charge on any atom is -0.350 e. The molecule has 1 saturated carbocycles. The first kappa shape index (κ1) is 13.7. The van der Waals surface area contributed by atoms with Crippen molar-refractivity contribution >= 4 is 16.8 Å². The van der Waals surface area contributed by atoms with Crippen molar-refractivity contribution in [3.05, 3.63) is 35.5 Å². The highest BCUT2D eigenvalue weighted by Gasteiger charge is 2.23. The Kier molecular flexibility index (Phi) is 3.66. The van der Waals surface area contributed by atoms with Gasteiger partial charge in [0.25, 0.3) is 5.91 Å². The number of hydrogen-bond acceptors (Lipinski definition) is 2. The van der Waals surface area contributed by atoms with E-state index in [9.17, 15) is 4.79 Å². The molecule has 1 aromatic carbocycles. The fourth-order valence-corrected chi connectivity index (χ4v) is 3.15. The summed E-state index contributed by atoms with van der Waals surface area (Å²) in [6, 6.07) is 9.66. The van der Waals surface area contributed by atoms with Crippen molar-refractivity contribution in [2.24, 2.45) is 5.92 Å². The van der Waals surface area contributed by atoms with Crippen LogP contribution < -0.4 is 5.32 Å². The van der Waals surface area contributed by atoms with Gasteiger partial charge >= 0.3 is 0 Å². The molecule has 0 unspecified atom stereocenters. The third-order valence-corrected chi connectivity index (χ3v) is 4.46. The molecule has 3 rings (SSSR count). The van der Waals surface area contributed by atoms with Gasteiger partial charge in [-0.25, -0.2) is 0 Å². The van der Waals surface area contributed by atoms with Crippen LogP contribution in [0, 0.1) is 17.2 Å². The fourth-order valence-electron chi connectivity index (χ4n) is 3.15. The van der Waals surface area contributed by atoms with Crippen LogP contribution in [0.25, 0.3) is 10.9 Å². The Morgan fingerprint density at radius 3 is 2.95 bits per heavy atom. The van der Waals surface area contributed by atoms with Crippen molar-refractivity contribution in [2.45, 2.75) is 38.6 Å². The number of amides is 1. The molecule has 2 N–H and O–H groups in total. The van der Waals surface area contributed by atoms with Crippen LogP contribution in [0.3, 0.4) is 0 Å². The summed E-state index contributed by atoms with van der Waals surface area (Å²) in [5.74, 6) is 0.454. The Labute approximate surface area is 124 Å². The number of H-pyrrole nitrogens is 1. The van der Waals surface area contributed by atoms with Crippen LogP contribution >= 0.6 is 0 Å². The van der Waals surface area contributed by atoms with E-state index in [4.69, 9.17) is 5.26 Å². The van der Waals surface area contributed by atoms with Crippen molar-refractivity contribution < 1.29 is 4.79 Å². The maximum Gasteiger partial charge on any atom is 0.267 e. The van der Waals surface area contributed by atoms with Gasteiger partial charge in [-0.15, -0.1) is 0 Å². The summed E-state index contributed by atoms with van der Waals surface area (Å²) in [5.41, 5.74) is 1.95. The van der Waals surface area contributed by atoms with E-state index in [1.54, 1.807) is 12.1 Å². The van der Waals surface area contributed by atoms with Gasteiger partial charge in [0.05, 0.1) is 11.6 Å². The largest absolute Gasteiger partial charge is 0.350 e. The Balaban J connectivity index is 1.83. The molecule has 2 aromatic rings. The van der Waals surface area contributed by atoms with Gasteiger partial charge in [-0.2, -0.15) is 5.26 Å². The molecule has 0 aliphatic heterocycles. The molecule has 21 heavy (non-hydrogen) atoms. The average molecular weight is 281 g/mol. The van der Waals surface area contributed by atoms with Gasteiger partial charge in [0.15, 0.2) is 0 Å². The first-order valence-corrected chi connectivity index (χ1v) is 7.51. The fraction of sp³-hybridized carbons (Fsp3) is 0.412. The highest BCUT2D eigenvalue weighted by Crippen LogP contribution is 2.24. The van der Waals surface area contributed by atoms with E-state index in [2.05, 4.69) is 23.3 Å². The number of fused-ring (bicyclic) bond motifs is 1. The van der Waals surface area contributed by atoms with Crippen LogP contribution in [-0.4, -0.2) is 16.9 Å². The second-order valence-electron chi connectivity index (χ2n) is 5.90. The number of aromatic amines is 1. The summed E-state index contributed by atoms with van der Waals surface area (Å²) in [6.07, 6.45) is 4.67. The quantitative estimate of drug-likeness (QED) is 0.886. The Bertz CT molecular complexity index is 710. The van der Waals surface area contributed by atoms with E-state index >= 15 is 0 Å². The maximum atomic E-state index is 12.4. The van der Waals surface area contributed by atoms with Crippen molar-refractivity contribution in [1.29, 1.82) is 5.26 Å². The Hall–Kier alpha value is -2.28. The molecular weight excluding hydrogens is 262 g/mol. The number of carbonyl (C=O) groups excluding carboxylic acids is 1. The van der Waals surface area contributed by atoms with Crippen LogP contribution in [0.2, 0.25) is 0 Å². The van der Waals surface area contributed by atoms with Gasteiger partial charge in [-0.3, -0.25) is 4.79 Å². The number of aromatic nitrogens is 1. The standard InChI is InChI=1S/C17H19N3O/c1-11-5-2-3-7-14(11)20-17(21)16-9-13-12(10-18)6-4-8-15(13)19-16/h4,6,8-9,11,14,19H,2-3,5,7H2,1H3,(H,20,21)/t11-,14+/m0/s1. The second kappa shape index (κ2) is 5.61. The number of carbonyl (C=O) groups is 1. The zero-order valence-corrected chi connectivity index (χ0v) is 12.1. The smallest absolute Gasteiger partial charge is 0.267 e. The van der Waals surface area contributed by atoms with E-state index in [0.717, 1.165) is 17.3 Å². The molecule has 1 fully saturated rings. The monoisotopic (exact) mass is 281 g/mol. The van der Waals surface area contributed by atoms with Crippen molar-refractivity contribution in [3.8, 4) is 6.07 Å². The summed E-state index contributed by atoms with van der Waals surface area (Å²) in [4.78, 5) is 15.5. The predicted molar refractivity (Wildman–Crippen MR) is 81.9 cm³/mol. The SMILES string of the molecule is C[C@H]1CCCC[C@H]1NC(=O)c1cc2c(C#N)cccc2[nH]1. The number of rotatable bonds is 2. The van der Waals surface area contributed by atoms with E-state index < -0.39 is 0 Å². The predicted octanol–water partition coefficient (Wildman–Crippen LogP) is 3.35. The van der Waals surface area contributed by atoms with Crippen molar-refractivity contribution in [2.75, 3.05) is 0 Å². The molecule has 0 saturated heterocycles. The number of hydrogen-bond donors (Lipinski definition) is 2. The van der Waals surface area contributed by atoms with Crippen LogP contribution in [0.1, 0.15) is 48.7 Å². The van der Waals surface area contributed by atoms with Crippen LogP contribution in [-0.2, 0) is 0 Å². The summed E-state index contributed by atoms with van der Waals surface area (Å²) in [7, 11) is 0. The molecule has 1 aromatic heterocycles. The zero-order chi connectivity index (χ0) is 14.8. The van der Waals surface area contributed by atoms with E-state index in [1.165, 1.54) is 19.3 Å². The number of benzene rings is 1. The van der Waals surface area contributed by atoms with Crippen LogP contribution in [0.5, 0.6) is 0 Å². The van der Waals surface area contributed by atoms with Crippen LogP contribution in [0.15, 0.2) is 24.3 Å². The van der Waals surface area contributed by atoms with E-state index in [1.807, 2.05) is 12.1 Å². The van der Waals surface area contributed by atoms with Crippen LogP contribution in [0.4, 0.5) is 0 Å². The molecule has 0 radical (unpaired) electrons. The Morgan fingerprint density at radius 1 is 1.38 bits per heavy atom. The number of nitriles is 1. The molecule has 1 aliphatic carbocycles. The third kappa shape index (κ3) is 2.64. The van der Waals surface area contributed by atoms with Gasteiger partial charge in [0.1, 0.15) is 5.69 Å². The average Bonchev–Trinajstić information content (AvgIpc) is 2.93. The molecule has 1 aliphatic rings. The molecule has 4 heteroatoms. The molecule has 2 atom stereocenters. The first-order valence-electron chi connectivity index (χ1n) is 7.51. The number of nitrogens with zero attached hydrogens (tertiary/aromatic N) is 1. The first-order chi connectivity index (χ1) is 10.2. The Morgan fingerprint density at radius 2 is 2.19 bits per heavy atom. The molecule has 0 spiro atoms. The lowest BCUT2D eigenvalue weighted by molar-refractivity contribution is 0.0906. The highest BCUT2D eigenvalue weighted by atomic mass is 16.1. The minimum absolute atomic E-state index is 0.0751. The second-order valence-corrected chi connectivity index (χ2v) is 5.90. The van der Waals surface area contributed by atoms with Gasteiger partial charge in [0, 0.05) is 16.9 Å². The summed E-state index contributed by atoms with van der Waals surface area (Å²) < 4.78 is 0. The lowest BCUT2D eigenvalue weighted by Crippen LogP contribution is -2.41. The topological polar surface area (TPSA) is 68.7 Å². The normalized spacial score (nSPS) is 21.9. The minimum atomic E-state index is -0.0751. The van der Waals surface area contributed by atoms with Gasteiger partial charge < -0.3 is 10.3 Å². The van der Waals surface area contributed by atoms with Crippen molar-refractivity contribution in [1.82, 2.24) is 10.3 Å². The molecule has 4 nitrogen and oxygen atoms in total. The lowest BCUT2D eigenvalue weighted by Gasteiger charge is -2.29. The zero-order valence-electron chi connectivity index (χ0n) is 12.1. The molecule has 108 valence electrons. The lowest BCUT2D eigenvalue weighted by atomic mass is 9.86. The van der Waals surface area contributed by atoms with Crippen molar-refractivity contribution in [3.63, 3.8) is 0 Å².